The lowest BCUT2D eigenvalue weighted by Crippen LogP contribution is -2.48. The summed E-state index contributed by atoms with van der Waals surface area (Å²) in [6.45, 7) is 11.4. The molecule has 1 N–H and O–H groups in total. The van der Waals surface area contributed by atoms with Crippen molar-refractivity contribution in [1.29, 1.82) is 0 Å². The van der Waals surface area contributed by atoms with Crippen LogP contribution >= 0.6 is 0 Å². The van der Waals surface area contributed by atoms with E-state index in [9.17, 15) is 0 Å². The lowest BCUT2D eigenvalue weighted by Gasteiger charge is -2.35. The highest BCUT2D eigenvalue weighted by Gasteiger charge is 2.21. The number of nitrogens with zero attached hydrogens (tertiary/aromatic N) is 1. The van der Waals surface area contributed by atoms with Crippen molar-refractivity contribution < 1.29 is 4.74 Å². The lowest BCUT2D eigenvalue weighted by molar-refractivity contribution is -0.0372. The molecule has 1 atom stereocenters. The molecule has 1 saturated heterocycles. The first-order valence-corrected chi connectivity index (χ1v) is 7.27. The van der Waals surface area contributed by atoms with Gasteiger partial charge >= 0.3 is 0 Å². The third kappa shape index (κ3) is 4.60. The second kappa shape index (κ2) is 7.04. The van der Waals surface area contributed by atoms with Crippen LogP contribution in [-0.4, -0.2) is 43.3 Å². The van der Waals surface area contributed by atoms with Gasteiger partial charge in [-0.05, 0) is 26.3 Å². The highest BCUT2D eigenvalue weighted by atomic mass is 16.5. The molecule has 1 fully saturated rings. The van der Waals surface area contributed by atoms with E-state index in [4.69, 9.17) is 4.74 Å². The first kappa shape index (κ1) is 14.5. The van der Waals surface area contributed by atoms with Crippen LogP contribution in [0.4, 0.5) is 0 Å². The Hall–Kier alpha value is -0.900. The summed E-state index contributed by atoms with van der Waals surface area (Å²) in [4.78, 5) is 2.49. The monoisotopic (exact) mass is 262 g/mol. The molecule has 1 unspecified atom stereocenters. The third-order valence-electron chi connectivity index (χ3n) is 3.72. The van der Waals surface area contributed by atoms with E-state index >= 15 is 0 Å². The van der Waals surface area contributed by atoms with Crippen molar-refractivity contribution in [3.05, 3.63) is 35.4 Å². The molecule has 3 nitrogen and oxygen atoms in total. The van der Waals surface area contributed by atoms with Crippen molar-refractivity contribution in [2.45, 2.75) is 39.5 Å². The standard InChI is InChI=1S/C16H26N2O/c1-13(2)18-8-9-19-16(12-18)11-17-10-15-6-4-14(3)5-7-15/h4-7,13,16-17H,8-12H2,1-3H3. The molecule has 1 aromatic rings. The highest BCUT2D eigenvalue weighted by molar-refractivity contribution is 5.21. The van der Waals surface area contributed by atoms with E-state index in [0.29, 0.717) is 12.1 Å². The Morgan fingerprint density at radius 1 is 1.32 bits per heavy atom. The molecule has 0 radical (unpaired) electrons. The van der Waals surface area contributed by atoms with Gasteiger partial charge in [-0.1, -0.05) is 29.8 Å². The van der Waals surface area contributed by atoms with Crippen LogP contribution in [0, 0.1) is 6.92 Å². The van der Waals surface area contributed by atoms with Gasteiger partial charge < -0.3 is 10.1 Å². The molecule has 1 aromatic carbocycles. The minimum Gasteiger partial charge on any atom is -0.374 e. The summed E-state index contributed by atoms with van der Waals surface area (Å²) < 4.78 is 5.81. The largest absolute Gasteiger partial charge is 0.374 e. The van der Waals surface area contributed by atoms with Gasteiger partial charge in [0.1, 0.15) is 0 Å². The van der Waals surface area contributed by atoms with Gasteiger partial charge in [0.25, 0.3) is 0 Å². The van der Waals surface area contributed by atoms with Gasteiger partial charge in [0.2, 0.25) is 0 Å². The maximum atomic E-state index is 5.81. The summed E-state index contributed by atoms with van der Waals surface area (Å²) >= 11 is 0. The highest BCUT2D eigenvalue weighted by Crippen LogP contribution is 2.08. The number of hydrogen-bond donors (Lipinski definition) is 1. The molecule has 0 bridgehead atoms. The smallest absolute Gasteiger partial charge is 0.0826 e. The van der Waals surface area contributed by atoms with Crippen LogP contribution in [-0.2, 0) is 11.3 Å². The number of hydrogen-bond acceptors (Lipinski definition) is 3. The van der Waals surface area contributed by atoms with Crippen molar-refractivity contribution >= 4 is 0 Å². The van der Waals surface area contributed by atoms with Gasteiger partial charge in [-0.15, -0.1) is 0 Å². The summed E-state index contributed by atoms with van der Waals surface area (Å²) in [5, 5.41) is 3.50. The van der Waals surface area contributed by atoms with E-state index in [1.54, 1.807) is 0 Å². The summed E-state index contributed by atoms with van der Waals surface area (Å²) in [6, 6.07) is 9.31. The van der Waals surface area contributed by atoms with E-state index in [2.05, 4.69) is 55.3 Å². The molecule has 0 aromatic heterocycles. The Kier molecular flexibility index (Phi) is 5.37. The fraction of sp³-hybridized carbons (Fsp3) is 0.625. The number of nitrogens with one attached hydrogen (secondary N) is 1. The van der Waals surface area contributed by atoms with Gasteiger partial charge in [-0.25, -0.2) is 0 Å². The predicted octanol–water partition coefficient (Wildman–Crippen LogP) is 2.19. The third-order valence-corrected chi connectivity index (χ3v) is 3.72. The SMILES string of the molecule is Cc1ccc(CNCC2CN(C(C)C)CCO2)cc1. The Balaban J connectivity index is 1.72. The Morgan fingerprint density at radius 2 is 2.05 bits per heavy atom. The summed E-state index contributed by atoms with van der Waals surface area (Å²) in [5.41, 5.74) is 2.65. The zero-order valence-electron chi connectivity index (χ0n) is 12.4. The van der Waals surface area contributed by atoms with Gasteiger partial charge in [0, 0.05) is 32.2 Å². The molecule has 0 aliphatic carbocycles. The Morgan fingerprint density at radius 3 is 2.74 bits per heavy atom. The van der Waals surface area contributed by atoms with Gasteiger partial charge in [-0.3, -0.25) is 4.90 Å². The maximum Gasteiger partial charge on any atom is 0.0826 e. The van der Waals surface area contributed by atoms with Gasteiger partial charge in [-0.2, -0.15) is 0 Å². The molecular weight excluding hydrogens is 236 g/mol. The predicted molar refractivity (Wildman–Crippen MR) is 79.3 cm³/mol. The molecule has 3 heteroatoms. The fourth-order valence-corrected chi connectivity index (χ4v) is 2.42. The Bertz CT molecular complexity index is 375. The molecule has 0 amide bonds. The van der Waals surface area contributed by atoms with Crippen LogP contribution < -0.4 is 5.32 Å². The minimum absolute atomic E-state index is 0.321. The first-order chi connectivity index (χ1) is 9.15. The van der Waals surface area contributed by atoms with Crippen LogP contribution in [0.3, 0.4) is 0 Å². The van der Waals surface area contributed by atoms with Crippen molar-refractivity contribution in [3.63, 3.8) is 0 Å². The molecule has 1 aliphatic rings. The van der Waals surface area contributed by atoms with Crippen LogP contribution in [0.1, 0.15) is 25.0 Å². The van der Waals surface area contributed by atoms with E-state index in [0.717, 1.165) is 32.8 Å². The van der Waals surface area contributed by atoms with E-state index in [-0.39, 0.29) is 0 Å². The number of morpholine rings is 1. The summed E-state index contributed by atoms with van der Waals surface area (Å²) in [7, 11) is 0. The number of ether oxygens (including phenoxy) is 1. The number of benzene rings is 1. The zero-order valence-corrected chi connectivity index (χ0v) is 12.4. The first-order valence-electron chi connectivity index (χ1n) is 7.27. The molecule has 0 saturated carbocycles. The summed E-state index contributed by atoms with van der Waals surface area (Å²) in [6.07, 6.45) is 0.321. The molecule has 19 heavy (non-hydrogen) atoms. The Labute approximate surface area is 116 Å². The maximum absolute atomic E-state index is 5.81. The van der Waals surface area contributed by atoms with Crippen molar-refractivity contribution in [2.75, 3.05) is 26.2 Å². The van der Waals surface area contributed by atoms with Crippen molar-refractivity contribution in [2.24, 2.45) is 0 Å². The molecule has 106 valence electrons. The quantitative estimate of drug-likeness (QED) is 0.880. The van der Waals surface area contributed by atoms with Crippen molar-refractivity contribution in [3.8, 4) is 0 Å². The fourth-order valence-electron chi connectivity index (χ4n) is 2.42. The zero-order chi connectivity index (χ0) is 13.7. The molecule has 1 aliphatic heterocycles. The van der Waals surface area contributed by atoms with Crippen LogP contribution in [0.2, 0.25) is 0 Å². The van der Waals surface area contributed by atoms with Gasteiger partial charge in [0.05, 0.1) is 12.7 Å². The normalized spacial score (nSPS) is 20.9. The molecule has 2 rings (SSSR count). The van der Waals surface area contributed by atoms with E-state index in [1.807, 2.05) is 0 Å². The summed E-state index contributed by atoms with van der Waals surface area (Å²) in [5.74, 6) is 0. The molecule has 1 heterocycles. The van der Waals surface area contributed by atoms with E-state index in [1.165, 1.54) is 11.1 Å². The van der Waals surface area contributed by atoms with Crippen LogP contribution in [0.15, 0.2) is 24.3 Å². The molecular formula is C16H26N2O. The second-order valence-electron chi connectivity index (χ2n) is 5.70. The van der Waals surface area contributed by atoms with Crippen LogP contribution in [0.25, 0.3) is 0 Å². The number of rotatable bonds is 5. The van der Waals surface area contributed by atoms with Crippen LogP contribution in [0.5, 0.6) is 0 Å². The lowest BCUT2D eigenvalue weighted by atomic mass is 10.1. The second-order valence-corrected chi connectivity index (χ2v) is 5.70. The van der Waals surface area contributed by atoms with Crippen molar-refractivity contribution in [1.82, 2.24) is 10.2 Å². The van der Waals surface area contributed by atoms with E-state index < -0.39 is 0 Å². The number of aryl methyl sites for hydroxylation is 1. The molecule has 0 spiro atoms. The topological polar surface area (TPSA) is 24.5 Å². The van der Waals surface area contributed by atoms with Gasteiger partial charge in [0.15, 0.2) is 0 Å². The average Bonchev–Trinajstić information content (AvgIpc) is 2.41. The average molecular weight is 262 g/mol. The minimum atomic E-state index is 0.321.